The average molecular weight is 292 g/mol. The minimum Gasteiger partial charge on any atom is -0.496 e. The van der Waals surface area contributed by atoms with Gasteiger partial charge in [0.15, 0.2) is 0 Å². The van der Waals surface area contributed by atoms with E-state index in [9.17, 15) is 0 Å². The van der Waals surface area contributed by atoms with Gasteiger partial charge >= 0.3 is 0 Å². The fourth-order valence-corrected chi connectivity index (χ4v) is 2.81. The standard InChI is InChI=1S/C18H32N2O/c1-5-6-7-11-17(14-19)20(3)15(2)13-16-10-8-9-12-18(16)21-4/h8-10,12,15,17H,5-7,11,13-14,19H2,1-4H3. The first-order valence-corrected chi connectivity index (χ1v) is 8.17. The van der Waals surface area contributed by atoms with E-state index < -0.39 is 0 Å². The molecule has 3 heteroatoms. The molecule has 0 aliphatic rings. The highest BCUT2D eigenvalue weighted by atomic mass is 16.5. The molecule has 0 saturated carbocycles. The van der Waals surface area contributed by atoms with Crippen LogP contribution < -0.4 is 10.5 Å². The van der Waals surface area contributed by atoms with Crippen molar-refractivity contribution in [2.24, 2.45) is 5.73 Å². The molecule has 0 aromatic heterocycles. The summed E-state index contributed by atoms with van der Waals surface area (Å²) in [5.74, 6) is 0.980. The van der Waals surface area contributed by atoms with Crippen molar-refractivity contribution in [2.75, 3.05) is 20.7 Å². The highest BCUT2D eigenvalue weighted by Gasteiger charge is 2.19. The predicted molar refractivity (Wildman–Crippen MR) is 90.9 cm³/mol. The molecule has 0 amide bonds. The van der Waals surface area contributed by atoms with Gasteiger partial charge in [-0.1, -0.05) is 44.4 Å². The second-order valence-corrected chi connectivity index (χ2v) is 5.92. The van der Waals surface area contributed by atoms with E-state index in [-0.39, 0.29) is 0 Å². The van der Waals surface area contributed by atoms with Crippen LogP contribution in [0.15, 0.2) is 24.3 Å². The zero-order valence-electron chi connectivity index (χ0n) is 14.1. The Hall–Kier alpha value is -1.06. The Morgan fingerprint density at radius 2 is 1.95 bits per heavy atom. The van der Waals surface area contributed by atoms with Crippen molar-refractivity contribution < 1.29 is 4.74 Å². The summed E-state index contributed by atoms with van der Waals surface area (Å²) in [4.78, 5) is 2.43. The van der Waals surface area contributed by atoms with Crippen molar-refractivity contribution in [1.82, 2.24) is 4.90 Å². The molecule has 0 aliphatic carbocycles. The number of hydrogen-bond acceptors (Lipinski definition) is 3. The van der Waals surface area contributed by atoms with Crippen LogP contribution in [0.5, 0.6) is 5.75 Å². The molecule has 2 unspecified atom stereocenters. The summed E-state index contributed by atoms with van der Waals surface area (Å²) in [6.07, 6.45) is 6.01. The lowest BCUT2D eigenvalue weighted by molar-refractivity contribution is 0.174. The molecule has 2 N–H and O–H groups in total. The monoisotopic (exact) mass is 292 g/mol. The summed E-state index contributed by atoms with van der Waals surface area (Å²) in [6, 6.07) is 9.20. The van der Waals surface area contributed by atoms with Crippen LogP contribution in [-0.2, 0) is 6.42 Å². The molecular weight excluding hydrogens is 260 g/mol. The zero-order chi connectivity index (χ0) is 15.7. The summed E-state index contributed by atoms with van der Waals surface area (Å²) in [5.41, 5.74) is 7.24. The van der Waals surface area contributed by atoms with Gasteiger partial charge in [0.05, 0.1) is 7.11 Å². The molecule has 0 radical (unpaired) electrons. The number of hydrogen-bond donors (Lipinski definition) is 1. The number of rotatable bonds is 10. The van der Waals surface area contributed by atoms with Crippen LogP contribution in [0.3, 0.4) is 0 Å². The fraction of sp³-hybridized carbons (Fsp3) is 0.667. The van der Waals surface area contributed by atoms with Crippen molar-refractivity contribution >= 4 is 0 Å². The van der Waals surface area contributed by atoms with E-state index in [2.05, 4.69) is 37.9 Å². The van der Waals surface area contributed by atoms with E-state index in [0.29, 0.717) is 12.1 Å². The summed E-state index contributed by atoms with van der Waals surface area (Å²) in [6.45, 7) is 5.25. The summed E-state index contributed by atoms with van der Waals surface area (Å²) in [7, 11) is 3.93. The molecule has 0 saturated heterocycles. The first-order chi connectivity index (χ1) is 10.1. The fourth-order valence-electron chi connectivity index (χ4n) is 2.81. The van der Waals surface area contributed by atoms with Crippen LogP contribution >= 0.6 is 0 Å². The van der Waals surface area contributed by atoms with Crippen LogP contribution in [0, 0.1) is 0 Å². The Balaban J connectivity index is 2.61. The van der Waals surface area contributed by atoms with E-state index >= 15 is 0 Å². The van der Waals surface area contributed by atoms with Gasteiger partial charge in [0.1, 0.15) is 5.75 Å². The lowest BCUT2D eigenvalue weighted by Crippen LogP contribution is -2.44. The Morgan fingerprint density at radius 1 is 1.24 bits per heavy atom. The Kier molecular flexibility index (Phi) is 8.40. The maximum atomic E-state index is 5.98. The summed E-state index contributed by atoms with van der Waals surface area (Å²) in [5, 5.41) is 0. The number of nitrogens with two attached hydrogens (primary N) is 1. The number of unbranched alkanes of at least 4 members (excludes halogenated alkanes) is 2. The summed E-state index contributed by atoms with van der Waals surface area (Å²) < 4.78 is 5.45. The highest BCUT2D eigenvalue weighted by molar-refractivity contribution is 5.33. The second-order valence-electron chi connectivity index (χ2n) is 5.92. The predicted octanol–water partition coefficient (Wildman–Crippen LogP) is 3.47. The minimum absolute atomic E-state index is 0.455. The zero-order valence-corrected chi connectivity index (χ0v) is 14.1. The van der Waals surface area contributed by atoms with Gasteiger partial charge in [-0.15, -0.1) is 0 Å². The van der Waals surface area contributed by atoms with Gasteiger partial charge in [-0.2, -0.15) is 0 Å². The van der Waals surface area contributed by atoms with Crippen molar-refractivity contribution in [3.63, 3.8) is 0 Å². The lowest BCUT2D eigenvalue weighted by atomic mass is 10.0. The van der Waals surface area contributed by atoms with Crippen LogP contribution in [0.4, 0.5) is 0 Å². The van der Waals surface area contributed by atoms with Gasteiger partial charge in [-0.3, -0.25) is 4.90 Å². The molecule has 1 aromatic rings. The van der Waals surface area contributed by atoms with Gasteiger partial charge in [0.2, 0.25) is 0 Å². The van der Waals surface area contributed by atoms with Gasteiger partial charge in [0, 0.05) is 18.6 Å². The van der Waals surface area contributed by atoms with Gasteiger partial charge in [-0.25, -0.2) is 0 Å². The van der Waals surface area contributed by atoms with Crippen molar-refractivity contribution in [3.8, 4) is 5.75 Å². The molecule has 21 heavy (non-hydrogen) atoms. The number of para-hydroxylation sites is 1. The molecule has 0 spiro atoms. The van der Waals surface area contributed by atoms with Crippen LogP contribution in [-0.4, -0.2) is 37.7 Å². The molecule has 2 atom stereocenters. The molecule has 0 aliphatic heterocycles. The normalized spacial score (nSPS) is 14.2. The average Bonchev–Trinajstić information content (AvgIpc) is 2.51. The molecule has 3 nitrogen and oxygen atoms in total. The SMILES string of the molecule is CCCCCC(CN)N(C)C(C)Cc1ccccc1OC. The van der Waals surface area contributed by atoms with Gasteiger partial charge < -0.3 is 10.5 Å². The largest absolute Gasteiger partial charge is 0.496 e. The van der Waals surface area contributed by atoms with E-state index in [1.54, 1.807) is 7.11 Å². The lowest BCUT2D eigenvalue weighted by Gasteiger charge is -2.33. The second kappa shape index (κ2) is 9.80. The van der Waals surface area contributed by atoms with Gasteiger partial charge in [-0.05, 0) is 38.4 Å². The third-order valence-corrected chi connectivity index (χ3v) is 4.39. The first-order valence-electron chi connectivity index (χ1n) is 8.17. The molecule has 0 heterocycles. The number of nitrogens with zero attached hydrogens (tertiary/aromatic N) is 1. The molecular formula is C18H32N2O. The van der Waals surface area contributed by atoms with Crippen molar-refractivity contribution in [1.29, 1.82) is 0 Å². The molecule has 1 rings (SSSR count). The smallest absolute Gasteiger partial charge is 0.122 e. The van der Waals surface area contributed by atoms with Crippen molar-refractivity contribution in [2.45, 2.75) is 58.0 Å². The first kappa shape index (κ1) is 18.0. The quantitative estimate of drug-likeness (QED) is 0.671. The third-order valence-electron chi connectivity index (χ3n) is 4.39. The number of benzene rings is 1. The number of methoxy groups -OCH3 is 1. The topological polar surface area (TPSA) is 38.5 Å². The number of likely N-dealkylation sites (N-methyl/N-ethyl adjacent to an activating group) is 1. The third kappa shape index (κ3) is 5.68. The Labute approximate surface area is 130 Å². The van der Waals surface area contributed by atoms with E-state index in [1.165, 1.54) is 31.2 Å². The highest BCUT2D eigenvalue weighted by Crippen LogP contribution is 2.21. The number of ether oxygens (including phenoxy) is 1. The Bertz CT molecular complexity index is 395. The van der Waals surface area contributed by atoms with Crippen LogP contribution in [0.2, 0.25) is 0 Å². The van der Waals surface area contributed by atoms with Gasteiger partial charge in [0.25, 0.3) is 0 Å². The van der Waals surface area contributed by atoms with Crippen molar-refractivity contribution in [3.05, 3.63) is 29.8 Å². The van der Waals surface area contributed by atoms with E-state index in [0.717, 1.165) is 18.7 Å². The molecule has 120 valence electrons. The molecule has 0 fully saturated rings. The maximum Gasteiger partial charge on any atom is 0.122 e. The van der Waals surface area contributed by atoms with E-state index in [1.807, 2.05) is 12.1 Å². The van der Waals surface area contributed by atoms with E-state index in [4.69, 9.17) is 10.5 Å². The summed E-state index contributed by atoms with van der Waals surface area (Å²) >= 11 is 0. The minimum atomic E-state index is 0.455. The molecule has 1 aromatic carbocycles. The van der Waals surface area contributed by atoms with Crippen LogP contribution in [0.1, 0.15) is 45.1 Å². The maximum absolute atomic E-state index is 5.98. The molecule has 0 bridgehead atoms. The Morgan fingerprint density at radius 3 is 2.57 bits per heavy atom. The van der Waals surface area contributed by atoms with Crippen LogP contribution in [0.25, 0.3) is 0 Å².